The lowest BCUT2D eigenvalue weighted by molar-refractivity contribution is 0.0385. The van der Waals surface area contributed by atoms with E-state index < -0.39 is 0 Å². The zero-order valence-electron chi connectivity index (χ0n) is 11.7. The second-order valence-electron chi connectivity index (χ2n) is 6.33. The molecule has 3 saturated heterocycles. The minimum absolute atomic E-state index is 0.226. The van der Waals surface area contributed by atoms with Crippen molar-refractivity contribution in [2.75, 3.05) is 26.3 Å². The monoisotopic (exact) mass is 274 g/mol. The number of hydrogen-bond acceptors (Lipinski definition) is 4. The van der Waals surface area contributed by atoms with E-state index in [0.717, 1.165) is 19.6 Å². The molecule has 3 heterocycles. The van der Waals surface area contributed by atoms with Gasteiger partial charge >= 0.3 is 0 Å². The standard InChI is InChI=1S/C16H22N2O2/c19-16-11-20-10-15(16)18-9-13-6-14(18)8-17(13)7-12-4-2-1-3-5-12/h1-5,13-16,19H,6-11H2. The zero-order valence-corrected chi connectivity index (χ0v) is 11.7. The average Bonchev–Trinajstić information content (AvgIpc) is 3.14. The maximum Gasteiger partial charge on any atom is 0.0950 e. The van der Waals surface area contributed by atoms with Crippen LogP contribution in [0.5, 0.6) is 0 Å². The molecule has 4 unspecified atom stereocenters. The van der Waals surface area contributed by atoms with Crippen molar-refractivity contribution in [3.8, 4) is 0 Å². The number of likely N-dealkylation sites (tertiary alicyclic amines) is 2. The van der Waals surface area contributed by atoms with Crippen LogP contribution in [0, 0.1) is 0 Å². The fraction of sp³-hybridized carbons (Fsp3) is 0.625. The molecular weight excluding hydrogens is 252 g/mol. The van der Waals surface area contributed by atoms with Crippen molar-refractivity contribution in [2.24, 2.45) is 0 Å². The molecule has 4 rings (SSSR count). The van der Waals surface area contributed by atoms with Gasteiger partial charge in [0.1, 0.15) is 0 Å². The summed E-state index contributed by atoms with van der Waals surface area (Å²) in [6.07, 6.45) is 0.952. The Balaban J connectivity index is 1.40. The molecule has 4 atom stereocenters. The predicted molar refractivity (Wildman–Crippen MR) is 76.4 cm³/mol. The summed E-state index contributed by atoms with van der Waals surface area (Å²) in [5.41, 5.74) is 1.40. The number of ether oxygens (including phenoxy) is 1. The van der Waals surface area contributed by atoms with Crippen LogP contribution in [-0.2, 0) is 11.3 Å². The summed E-state index contributed by atoms with van der Waals surface area (Å²) < 4.78 is 5.41. The number of aliphatic hydroxyl groups excluding tert-OH is 1. The summed E-state index contributed by atoms with van der Waals surface area (Å²) in [5.74, 6) is 0. The van der Waals surface area contributed by atoms with Crippen molar-refractivity contribution >= 4 is 0 Å². The van der Waals surface area contributed by atoms with Crippen LogP contribution in [0.4, 0.5) is 0 Å². The van der Waals surface area contributed by atoms with Crippen LogP contribution in [-0.4, -0.2) is 65.4 Å². The topological polar surface area (TPSA) is 35.9 Å². The Morgan fingerprint density at radius 1 is 1.10 bits per heavy atom. The van der Waals surface area contributed by atoms with Gasteiger partial charge in [0.15, 0.2) is 0 Å². The third kappa shape index (κ3) is 2.17. The first-order chi connectivity index (χ1) is 9.81. The van der Waals surface area contributed by atoms with E-state index in [2.05, 4.69) is 40.1 Å². The van der Waals surface area contributed by atoms with E-state index in [1.807, 2.05) is 0 Å². The molecule has 108 valence electrons. The molecule has 3 aliphatic heterocycles. The zero-order chi connectivity index (χ0) is 13.5. The lowest BCUT2D eigenvalue weighted by Crippen LogP contribution is -2.53. The number of piperazine rings is 1. The quantitative estimate of drug-likeness (QED) is 0.880. The molecule has 0 aromatic heterocycles. The maximum absolute atomic E-state index is 10.00. The van der Waals surface area contributed by atoms with Gasteiger partial charge in [0.2, 0.25) is 0 Å². The molecule has 20 heavy (non-hydrogen) atoms. The molecule has 2 bridgehead atoms. The van der Waals surface area contributed by atoms with E-state index in [4.69, 9.17) is 4.74 Å². The molecule has 1 N–H and O–H groups in total. The van der Waals surface area contributed by atoms with Gasteiger partial charge in [0.25, 0.3) is 0 Å². The highest BCUT2D eigenvalue weighted by atomic mass is 16.5. The van der Waals surface area contributed by atoms with Crippen molar-refractivity contribution in [3.63, 3.8) is 0 Å². The minimum atomic E-state index is -0.295. The molecule has 0 spiro atoms. The van der Waals surface area contributed by atoms with Gasteiger partial charge in [-0.05, 0) is 12.0 Å². The Morgan fingerprint density at radius 3 is 2.60 bits per heavy atom. The fourth-order valence-corrected chi connectivity index (χ4v) is 4.05. The third-order valence-electron chi connectivity index (χ3n) is 5.07. The van der Waals surface area contributed by atoms with Crippen molar-refractivity contribution in [3.05, 3.63) is 35.9 Å². The summed E-state index contributed by atoms with van der Waals surface area (Å²) in [6, 6.07) is 12.2. The molecule has 0 saturated carbocycles. The Labute approximate surface area is 119 Å². The SMILES string of the molecule is OC1COCC1N1CC2CC1CN2Cc1ccccc1. The number of nitrogens with zero attached hydrogens (tertiary/aromatic N) is 2. The van der Waals surface area contributed by atoms with Crippen LogP contribution >= 0.6 is 0 Å². The highest BCUT2D eigenvalue weighted by Gasteiger charge is 2.47. The van der Waals surface area contributed by atoms with Crippen LogP contribution in [0.2, 0.25) is 0 Å². The molecule has 1 aromatic rings. The number of benzene rings is 1. The van der Waals surface area contributed by atoms with Gasteiger partial charge in [-0.15, -0.1) is 0 Å². The summed E-state index contributed by atoms with van der Waals surface area (Å²) in [5, 5.41) is 10.00. The lowest BCUT2D eigenvalue weighted by Gasteiger charge is -2.38. The Kier molecular flexibility index (Phi) is 3.27. The molecule has 0 radical (unpaired) electrons. The normalized spacial score (nSPS) is 37.9. The smallest absolute Gasteiger partial charge is 0.0950 e. The van der Waals surface area contributed by atoms with Crippen LogP contribution in [0.1, 0.15) is 12.0 Å². The highest BCUT2D eigenvalue weighted by Crippen LogP contribution is 2.34. The Bertz CT molecular complexity index is 467. The van der Waals surface area contributed by atoms with Gasteiger partial charge in [-0.1, -0.05) is 30.3 Å². The van der Waals surface area contributed by atoms with Crippen LogP contribution < -0.4 is 0 Å². The molecule has 4 heteroatoms. The second-order valence-corrected chi connectivity index (χ2v) is 6.33. The van der Waals surface area contributed by atoms with Gasteiger partial charge in [0, 0.05) is 31.7 Å². The first kappa shape index (κ1) is 12.8. The molecule has 3 fully saturated rings. The van der Waals surface area contributed by atoms with Gasteiger partial charge in [-0.2, -0.15) is 0 Å². The molecule has 0 amide bonds. The van der Waals surface area contributed by atoms with E-state index in [1.54, 1.807) is 0 Å². The van der Waals surface area contributed by atoms with E-state index in [1.165, 1.54) is 12.0 Å². The third-order valence-corrected chi connectivity index (χ3v) is 5.07. The molecule has 0 aliphatic carbocycles. The largest absolute Gasteiger partial charge is 0.389 e. The van der Waals surface area contributed by atoms with Crippen molar-refractivity contribution < 1.29 is 9.84 Å². The van der Waals surface area contributed by atoms with Crippen LogP contribution in [0.15, 0.2) is 30.3 Å². The summed E-state index contributed by atoms with van der Waals surface area (Å²) in [6.45, 7) is 4.47. The average molecular weight is 274 g/mol. The van der Waals surface area contributed by atoms with E-state index in [-0.39, 0.29) is 12.1 Å². The summed E-state index contributed by atoms with van der Waals surface area (Å²) >= 11 is 0. The second kappa shape index (κ2) is 5.11. The first-order valence-electron chi connectivity index (χ1n) is 7.61. The van der Waals surface area contributed by atoms with Crippen LogP contribution in [0.25, 0.3) is 0 Å². The van der Waals surface area contributed by atoms with E-state index >= 15 is 0 Å². The summed E-state index contributed by atoms with van der Waals surface area (Å²) in [7, 11) is 0. The maximum atomic E-state index is 10.00. The first-order valence-corrected chi connectivity index (χ1v) is 7.61. The number of hydrogen-bond donors (Lipinski definition) is 1. The van der Waals surface area contributed by atoms with Crippen molar-refractivity contribution in [1.82, 2.24) is 9.80 Å². The molecule has 3 aliphatic rings. The van der Waals surface area contributed by atoms with Gasteiger partial charge in [-0.3, -0.25) is 9.80 Å². The highest BCUT2D eigenvalue weighted by molar-refractivity contribution is 5.16. The summed E-state index contributed by atoms with van der Waals surface area (Å²) in [4.78, 5) is 5.09. The van der Waals surface area contributed by atoms with Crippen molar-refractivity contribution in [1.29, 1.82) is 0 Å². The molecule has 4 nitrogen and oxygen atoms in total. The number of rotatable bonds is 3. The van der Waals surface area contributed by atoms with Gasteiger partial charge < -0.3 is 9.84 Å². The van der Waals surface area contributed by atoms with Gasteiger partial charge in [-0.25, -0.2) is 0 Å². The van der Waals surface area contributed by atoms with Crippen molar-refractivity contribution in [2.45, 2.75) is 37.2 Å². The van der Waals surface area contributed by atoms with Crippen LogP contribution in [0.3, 0.4) is 0 Å². The number of aliphatic hydroxyl groups is 1. The fourth-order valence-electron chi connectivity index (χ4n) is 4.05. The predicted octanol–water partition coefficient (Wildman–Crippen LogP) is 0.705. The Morgan fingerprint density at radius 2 is 1.95 bits per heavy atom. The van der Waals surface area contributed by atoms with Gasteiger partial charge in [0.05, 0.1) is 25.4 Å². The minimum Gasteiger partial charge on any atom is -0.389 e. The molecule has 1 aromatic carbocycles. The number of fused-ring (bicyclic) bond motifs is 2. The van der Waals surface area contributed by atoms with E-state index in [9.17, 15) is 5.11 Å². The Hall–Kier alpha value is -0.940. The molecular formula is C16H22N2O2. The lowest BCUT2D eigenvalue weighted by atomic mass is 10.1. The van der Waals surface area contributed by atoms with E-state index in [0.29, 0.717) is 25.3 Å².